The maximum absolute atomic E-state index is 13.5. The molecule has 0 saturated heterocycles. The van der Waals surface area contributed by atoms with Crippen molar-refractivity contribution in [2.24, 2.45) is 5.92 Å². The second-order valence-electron chi connectivity index (χ2n) is 10.2. The van der Waals surface area contributed by atoms with Gasteiger partial charge < -0.3 is 14.6 Å². The van der Waals surface area contributed by atoms with Gasteiger partial charge in [0.2, 0.25) is 0 Å². The molecule has 5 aromatic rings. The molecule has 11 heteroatoms. The van der Waals surface area contributed by atoms with Crippen LogP contribution in [-0.2, 0) is 23.1 Å². The normalized spacial score (nSPS) is 16.6. The first kappa shape index (κ1) is 28.8. The number of nitrogens with zero attached hydrogens (tertiary/aromatic N) is 1. The number of hydrogen-bond acceptors (Lipinski definition) is 8. The van der Waals surface area contributed by atoms with E-state index in [9.17, 15) is 22.7 Å². The number of benzene rings is 4. The van der Waals surface area contributed by atoms with Crippen molar-refractivity contribution in [2.75, 3.05) is 6.61 Å². The number of carbonyl (C=O) groups excluding carboxylic acids is 1. The smallest absolute Gasteiger partial charge is 0.265 e. The van der Waals surface area contributed by atoms with Gasteiger partial charge in [-0.3, -0.25) is 4.79 Å². The number of aliphatic hydroxyl groups is 1. The lowest BCUT2D eigenvalue weighted by atomic mass is 9.87. The number of aromatic nitrogens is 1. The van der Waals surface area contributed by atoms with Crippen LogP contribution in [0.1, 0.15) is 39.0 Å². The van der Waals surface area contributed by atoms with Crippen LogP contribution in [0.3, 0.4) is 0 Å². The summed E-state index contributed by atoms with van der Waals surface area (Å²) in [5, 5.41) is 12.1. The molecule has 2 unspecified atom stereocenters. The highest BCUT2D eigenvalue weighted by molar-refractivity contribution is 7.90. The Hall–Kier alpha value is -4.32. The van der Waals surface area contributed by atoms with Gasteiger partial charge >= 0.3 is 0 Å². The molecule has 1 aliphatic rings. The summed E-state index contributed by atoms with van der Waals surface area (Å²) in [6, 6.07) is 24.2. The van der Waals surface area contributed by atoms with Gasteiger partial charge in [-0.15, -0.1) is 11.3 Å². The summed E-state index contributed by atoms with van der Waals surface area (Å²) in [6.07, 6.45) is 0.124. The molecular formula is C32H27FN2O6S2. The van der Waals surface area contributed by atoms with E-state index in [0.717, 1.165) is 10.3 Å². The Balaban J connectivity index is 1.14. The summed E-state index contributed by atoms with van der Waals surface area (Å²) in [5.74, 6) is -0.212. The molecular weight excluding hydrogens is 591 g/mol. The molecule has 6 rings (SSSR count). The first-order valence-corrected chi connectivity index (χ1v) is 15.9. The van der Waals surface area contributed by atoms with Crippen LogP contribution in [0.2, 0.25) is 0 Å². The fourth-order valence-corrected chi connectivity index (χ4v) is 6.92. The van der Waals surface area contributed by atoms with E-state index in [4.69, 9.17) is 9.47 Å². The van der Waals surface area contributed by atoms with Crippen LogP contribution < -0.4 is 14.2 Å². The number of thiazole rings is 1. The number of amides is 1. The highest BCUT2D eigenvalue weighted by Gasteiger charge is 2.28. The Morgan fingerprint density at radius 1 is 1.05 bits per heavy atom. The number of ether oxygens (including phenoxy) is 2. The van der Waals surface area contributed by atoms with Crippen molar-refractivity contribution in [1.82, 2.24) is 9.71 Å². The molecule has 0 aliphatic carbocycles. The van der Waals surface area contributed by atoms with E-state index in [1.807, 2.05) is 6.07 Å². The topological polar surface area (TPSA) is 115 Å². The van der Waals surface area contributed by atoms with E-state index in [-0.39, 0.29) is 28.8 Å². The van der Waals surface area contributed by atoms with Crippen LogP contribution in [0, 0.1) is 11.7 Å². The molecule has 1 aliphatic heterocycles. The third-order valence-electron chi connectivity index (χ3n) is 7.22. The van der Waals surface area contributed by atoms with Crippen molar-refractivity contribution in [1.29, 1.82) is 0 Å². The Morgan fingerprint density at radius 3 is 2.72 bits per heavy atom. The first-order valence-electron chi connectivity index (χ1n) is 13.6. The minimum Gasteiger partial charge on any atom is -0.493 e. The zero-order valence-corrected chi connectivity index (χ0v) is 24.4. The second kappa shape index (κ2) is 12.1. The van der Waals surface area contributed by atoms with Gasteiger partial charge in [0.05, 0.1) is 27.8 Å². The van der Waals surface area contributed by atoms with E-state index in [1.54, 1.807) is 60.7 Å². The Labute approximate surface area is 251 Å². The molecule has 0 radical (unpaired) electrons. The standard InChI is InChI=1S/C32H27FN2O6S2/c33-23-9-12-29-27(17-23)34-30(42-29)19-41-24-10-11-28-26(18-24)31(36)21(13-14-40-28)15-20-5-4-6-22(16-20)32(37)35-43(38,39)25-7-2-1-3-8-25/h1-12,16-18,21,31,36H,13-15,19H2,(H,35,37). The highest BCUT2D eigenvalue weighted by atomic mass is 32.2. The van der Waals surface area contributed by atoms with Crippen molar-refractivity contribution in [3.8, 4) is 11.5 Å². The summed E-state index contributed by atoms with van der Waals surface area (Å²) >= 11 is 1.43. The van der Waals surface area contributed by atoms with Crippen LogP contribution in [0.25, 0.3) is 10.2 Å². The first-order chi connectivity index (χ1) is 20.7. The van der Waals surface area contributed by atoms with Crippen LogP contribution in [0.4, 0.5) is 4.39 Å². The summed E-state index contributed by atoms with van der Waals surface area (Å²) in [5.41, 5.74) is 2.15. The average Bonchev–Trinajstić information content (AvgIpc) is 3.35. The minimum absolute atomic E-state index is 0.00133. The van der Waals surface area contributed by atoms with Crippen molar-refractivity contribution < 1.29 is 32.2 Å². The van der Waals surface area contributed by atoms with E-state index in [2.05, 4.69) is 9.71 Å². The van der Waals surface area contributed by atoms with E-state index in [0.29, 0.717) is 47.0 Å². The molecule has 0 saturated carbocycles. The average molecular weight is 619 g/mol. The number of halogens is 1. The molecule has 1 amide bonds. The van der Waals surface area contributed by atoms with E-state index >= 15 is 0 Å². The molecule has 43 heavy (non-hydrogen) atoms. The summed E-state index contributed by atoms with van der Waals surface area (Å²) in [6.45, 7) is 0.585. The quantitative estimate of drug-likeness (QED) is 0.226. The summed E-state index contributed by atoms with van der Waals surface area (Å²) in [7, 11) is -4.02. The molecule has 0 bridgehead atoms. The van der Waals surface area contributed by atoms with Gasteiger partial charge in [-0.2, -0.15) is 0 Å². The van der Waals surface area contributed by atoms with Crippen LogP contribution in [0.5, 0.6) is 11.5 Å². The molecule has 1 aromatic heterocycles. The third-order valence-corrected chi connectivity index (χ3v) is 9.57. The van der Waals surface area contributed by atoms with Crippen molar-refractivity contribution >= 4 is 37.5 Å². The monoisotopic (exact) mass is 618 g/mol. The number of carbonyl (C=O) groups is 1. The van der Waals surface area contributed by atoms with Gasteiger partial charge in [-0.25, -0.2) is 22.5 Å². The predicted octanol–water partition coefficient (Wildman–Crippen LogP) is 5.81. The van der Waals surface area contributed by atoms with Crippen LogP contribution in [-0.4, -0.2) is 31.0 Å². The number of aliphatic hydroxyl groups excluding tert-OH is 1. The SMILES string of the molecule is O=C(NS(=O)(=O)c1ccccc1)c1cccc(CC2CCOc3ccc(OCc4nc5cc(F)ccc5s4)cc3C2O)c1. The van der Waals surface area contributed by atoms with Gasteiger partial charge in [0, 0.05) is 17.2 Å². The number of sulfonamides is 1. The maximum atomic E-state index is 13.5. The fraction of sp³-hybridized carbons (Fsp3) is 0.188. The number of fused-ring (bicyclic) bond motifs is 2. The highest BCUT2D eigenvalue weighted by Crippen LogP contribution is 2.39. The predicted molar refractivity (Wildman–Crippen MR) is 160 cm³/mol. The van der Waals surface area contributed by atoms with Gasteiger partial charge in [-0.1, -0.05) is 30.3 Å². The molecule has 220 valence electrons. The van der Waals surface area contributed by atoms with Crippen molar-refractivity contribution in [3.63, 3.8) is 0 Å². The largest absolute Gasteiger partial charge is 0.493 e. The Morgan fingerprint density at radius 2 is 1.88 bits per heavy atom. The lowest BCUT2D eigenvalue weighted by Gasteiger charge is -2.21. The number of rotatable bonds is 8. The summed E-state index contributed by atoms with van der Waals surface area (Å²) in [4.78, 5) is 17.3. The zero-order chi connectivity index (χ0) is 30.0. The van der Waals surface area contributed by atoms with E-state index in [1.165, 1.54) is 35.6 Å². The Kier molecular flexibility index (Phi) is 8.11. The second-order valence-corrected chi connectivity index (χ2v) is 13.0. The third kappa shape index (κ3) is 6.53. The van der Waals surface area contributed by atoms with Crippen molar-refractivity contribution in [3.05, 3.63) is 119 Å². The van der Waals surface area contributed by atoms with Crippen LogP contribution in [0.15, 0.2) is 95.9 Å². The lowest BCUT2D eigenvalue weighted by molar-refractivity contribution is 0.0981. The lowest BCUT2D eigenvalue weighted by Crippen LogP contribution is -2.30. The van der Waals surface area contributed by atoms with Crippen LogP contribution >= 0.6 is 11.3 Å². The summed E-state index contributed by atoms with van der Waals surface area (Å²) < 4.78 is 53.6. The van der Waals surface area contributed by atoms with Gasteiger partial charge in [0.1, 0.15) is 28.9 Å². The van der Waals surface area contributed by atoms with Gasteiger partial charge in [0.25, 0.3) is 15.9 Å². The molecule has 0 fully saturated rings. The number of hydrogen-bond donors (Lipinski definition) is 2. The van der Waals surface area contributed by atoms with Crippen molar-refractivity contribution in [2.45, 2.75) is 30.4 Å². The molecule has 2 atom stereocenters. The molecule has 8 nitrogen and oxygen atoms in total. The van der Waals surface area contributed by atoms with E-state index < -0.39 is 22.0 Å². The molecule has 4 aromatic carbocycles. The minimum atomic E-state index is -4.02. The Bertz CT molecular complexity index is 1900. The number of nitrogens with one attached hydrogen (secondary N) is 1. The molecule has 0 spiro atoms. The zero-order valence-electron chi connectivity index (χ0n) is 22.8. The molecule has 2 N–H and O–H groups in total. The van der Waals surface area contributed by atoms with Gasteiger partial charge in [-0.05, 0) is 78.9 Å². The van der Waals surface area contributed by atoms with Gasteiger partial charge in [0.15, 0.2) is 0 Å². The maximum Gasteiger partial charge on any atom is 0.265 e. The molecule has 2 heterocycles. The fourth-order valence-electron chi connectivity index (χ4n) is 5.06.